The van der Waals surface area contributed by atoms with E-state index >= 15 is 0 Å². The average Bonchev–Trinajstić information content (AvgIpc) is 3.28. The summed E-state index contributed by atoms with van der Waals surface area (Å²) in [5, 5.41) is 49.0. The second-order valence-electron chi connectivity index (χ2n) is 6.52. The number of rotatable bonds is 6. The van der Waals surface area contributed by atoms with E-state index in [2.05, 4.69) is 15.0 Å². The van der Waals surface area contributed by atoms with Gasteiger partial charge >= 0.3 is 0 Å². The van der Waals surface area contributed by atoms with E-state index in [4.69, 9.17) is 9.94 Å². The molecule has 29 heavy (non-hydrogen) atoms. The number of ether oxygens (including phenoxy) is 1. The summed E-state index contributed by atoms with van der Waals surface area (Å²) in [7, 11) is 0. The smallest absolute Gasteiger partial charge is 0.166 e. The van der Waals surface area contributed by atoms with Crippen LogP contribution in [0.3, 0.4) is 0 Å². The van der Waals surface area contributed by atoms with Crippen LogP contribution in [0.15, 0.2) is 41.9 Å². The number of benzene rings is 1. The summed E-state index contributed by atoms with van der Waals surface area (Å²) < 4.78 is 7.05. The van der Waals surface area contributed by atoms with E-state index in [0.29, 0.717) is 21.9 Å². The van der Waals surface area contributed by atoms with Gasteiger partial charge in [-0.1, -0.05) is 23.9 Å². The third kappa shape index (κ3) is 3.84. The van der Waals surface area contributed by atoms with E-state index in [0.717, 1.165) is 5.56 Å². The topological polar surface area (TPSA) is 161 Å². The molecule has 5 N–H and O–H groups in total. The van der Waals surface area contributed by atoms with Crippen LogP contribution in [0.2, 0.25) is 0 Å². The molecule has 2 aromatic heterocycles. The molecule has 4 rings (SSSR count). The molecule has 1 saturated heterocycles. The standard InChI is InChI=1S/C17H19N5O6S/c23-5-11-13(24)14(25)17(28-11)21-8-20-12-15(21)18-7-19-16(12)29-6-9-1-3-10(4-2-9)22(26)27/h1-4,7-8,11,13-14,17,22-26H,5-6H2/t11-,13+,14-,17-/m1/s1. The third-order valence-corrected chi connectivity index (χ3v) is 5.74. The van der Waals surface area contributed by atoms with Crippen molar-refractivity contribution in [1.82, 2.24) is 19.5 Å². The molecule has 12 heteroatoms. The van der Waals surface area contributed by atoms with Gasteiger partial charge in [0.05, 0.1) is 12.9 Å². The summed E-state index contributed by atoms with van der Waals surface area (Å²) in [6.07, 6.45) is -1.45. The number of aliphatic hydroxyl groups is 3. The van der Waals surface area contributed by atoms with Crippen molar-refractivity contribution in [2.24, 2.45) is 0 Å². The van der Waals surface area contributed by atoms with Gasteiger partial charge in [-0.05, 0) is 5.56 Å². The van der Waals surface area contributed by atoms with E-state index in [1.54, 1.807) is 24.3 Å². The summed E-state index contributed by atoms with van der Waals surface area (Å²) in [4.78, 5) is 12.8. The molecule has 1 unspecified atom stereocenters. The van der Waals surface area contributed by atoms with E-state index in [1.165, 1.54) is 29.0 Å². The highest BCUT2D eigenvalue weighted by Crippen LogP contribution is 2.33. The van der Waals surface area contributed by atoms with Crippen LogP contribution in [0.5, 0.6) is 0 Å². The highest BCUT2D eigenvalue weighted by molar-refractivity contribution is 7.98. The number of aromatic nitrogens is 4. The molecule has 0 saturated carbocycles. The van der Waals surface area contributed by atoms with Crippen LogP contribution < -0.4 is 5.23 Å². The average molecular weight is 421 g/mol. The van der Waals surface area contributed by atoms with Crippen LogP contribution >= 0.6 is 11.8 Å². The fraction of sp³-hybridized carbons (Fsp3) is 0.353. The lowest BCUT2D eigenvalue weighted by Crippen LogP contribution is -2.99. The molecular formula is C17H19N5O6S. The lowest BCUT2D eigenvalue weighted by atomic mass is 10.1. The largest absolute Gasteiger partial charge is 0.595 e. The Morgan fingerprint density at radius 2 is 1.90 bits per heavy atom. The van der Waals surface area contributed by atoms with Crippen LogP contribution in [-0.2, 0) is 10.5 Å². The Balaban J connectivity index is 1.55. The molecule has 1 aliphatic rings. The molecule has 1 fully saturated rings. The van der Waals surface area contributed by atoms with Crippen molar-refractivity contribution in [3.63, 3.8) is 0 Å². The van der Waals surface area contributed by atoms with Gasteiger partial charge in [-0.15, -0.1) is 0 Å². The van der Waals surface area contributed by atoms with Crippen LogP contribution in [0, 0.1) is 5.21 Å². The van der Waals surface area contributed by atoms with Crippen molar-refractivity contribution < 1.29 is 30.5 Å². The van der Waals surface area contributed by atoms with Gasteiger partial charge in [0, 0.05) is 17.9 Å². The monoisotopic (exact) mass is 421 g/mol. The van der Waals surface area contributed by atoms with Gasteiger partial charge in [-0.2, -0.15) is 5.23 Å². The summed E-state index contributed by atoms with van der Waals surface area (Å²) in [6.45, 7) is -0.419. The van der Waals surface area contributed by atoms with Crippen molar-refractivity contribution in [2.75, 3.05) is 6.61 Å². The minimum absolute atomic E-state index is 0.223. The van der Waals surface area contributed by atoms with Crippen molar-refractivity contribution in [3.8, 4) is 0 Å². The number of hydrogen-bond donors (Lipinski definition) is 5. The van der Waals surface area contributed by atoms with Gasteiger partial charge in [-0.25, -0.2) is 20.2 Å². The molecule has 0 aliphatic carbocycles. The first-order chi connectivity index (χ1) is 14.0. The highest BCUT2D eigenvalue weighted by atomic mass is 32.2. The van der Waals surface area contributed by atoms with Gasteiger partial charge in [0.15, 0.2) is 17.6 Å². The van der Waals surface area contributed by atoms with Crippen LogP contribution in [0.25, 0.3) is 11.2 Å². The SMILES string of the molecule is [O-][NH+](O)c1ccc(CSc2ncnc3c2ncn3[C@@H]2O[C@H](CO)[C@H](O)[C@H]2O)cc1. The zero-order valence-corrected chi connectivity index (χ0v) is 15.8. The van der Waals surface area contributed by atoms with Crippen molar-refractivity contribution in [1.29, 1.82) is 0 Å². The molecule has 154 valence electrons. The number of aliphatic hydroxyl groups excluding tert-OH is 3. The van der Waals surface area contributed by atoms with Gasteiger partial charge in [0.1, 0.15) is 35.2 Å². The molecule has 3 aromatic rings. The second kappa shape index (κ2) is 8.30. The summed E-state index contributed by atoms with van der Waals surface area (Å²) in [6, 6.07) is 6.58. The van der Waals surface area contributed by atoms with E-state index in [9.17, 15) is 20.5 Å². The fourth-order valence-corrected chi connectivity index (χ4v) is 4.03. The Morgan fingerprint density at radius 3 is 2.55 bits per heavy atom. The third-order valence-electron chi connectivity index (χ3n) is 4.69. The van der Waals surface area contributed by atoms with E-state index in [-0.39, 0.29) is 5.69 Å². The number of quaternary nitrogens is 1. The molecule has 0 amide bonds. The number of fused-ring (bicyclic) bond motifs is 1. The first-order valence-electron chi connectivity index (χ1n) is 8.74. The molecule has 11 nitrogen and oxygen atoms in total. The van der Waals surface area contributed by atoms with Crippen molar-refractivity contribution in [3.05, 3.63) is 47.7 Å². The first-order valence-corrected chi connectivity index (χ1v) is 9.73. The molecule has 0 radical (unpaired) electrons. The van der Waals surface area contributed by atoms with Gasteiger partial charge in [-0.3, -0.25) is 4.57 Å². The lowest BCUT2D eigenvalue weighted by molar-refractivity contribution is -0.991. The van der Waals surface area contributed by atoms with Crippen LogP contribution in [0.4, 0.5) is 5.69 Å². The summed E-state index contributed by atoms with van der Waals surface area (Å²) >= 11 is 1.41. The second-order valence-corrected chi connectivity index (χ2v) is 7.49. The van der Waals surface area contributed by atoms with Gasteiger partial charge < -0.3 is 25.3 Å². The van der Waals surface area contributed by atoms with Crippen molar-refractivity contribution >= 4 is 28.6 Å². The molecular weight excluding hydrogens is 402 g/mol. The lowest BCUT2D eigenvalue weighted by Gasteiger charge is -2.16. The Morgan fingerprint density at radius 1 is 1.14 bits per heavy atom. The van der Waals surface area contributed by atoms with E-state index < -0.39 is 36.4 Å². The Labute approximate surface area is 168 Å². The van der Waals surface area contributed by atoms with Gasteiger partial charge in [0.25, 0.3) is 0 Å². The van der Waals surface area contributed by atoms with Crippen LogP contribution in [0.1, 0.15) is 11.8 Å². The number of imidazole rings is 1. The fourth-order valence-electron chi connectivity index (χ4n) is 3.13. The maximum Gasteiger partial charge on any atom is 0.166 e. The van der Waals surface area contributed by atoms with Gasteiger partial charge in [0.2, 0.25) is 0 Å². The maximum absolute atomic E-state index is 10.9. The van der Waals surface area contributed by atoms with Crippen LogP contribution in [-0.4, -0.2) is 65.0 Å². The number of hydrogen-bond acceptors (Lipinski definition) is 10. The highest BCUT2D eigenvalue weighted by Gasteiger charge is 2.44. The maximum atomic E-state index is 10.9. The molecule has 0 spiro atoms. The molecule has 5 atom stereocenters. The number of nitrogens with one attached hydrogen (secondary N) is 1. The first kappa shape index (κ1) is 20.1. The number of thioether (sulfide) groups is 1. The Hall–Kier alpha value is -2.16. The molecule has 1 aliphatic heterocycles. The molecule has 1 aromatic carbocycles. The quantitative estimate of drug-likeness (QED) is 0.192. The van der Waals surface area contributed by atoms with Crippen molar-refractivity contribution in [2.45, 2.75) is 35.3 Å². The zero-order chi connectivity index (χ0) is 20.5. The summed E-state index contributed by atoms with van der Waals surface area (Å²) in [5.41, 5.74) is 2.09. The minimum Gasteiger partial charge on any atom is -0.595 e. The molecule has 3 heterocycles. The minimum atomic E-state index is -1.23. The summed E-state index contributed by atoms with van der Waals surface area (Å²) in [5.74, 6) is 0.548. The molecule has 0 bridgehead atoms. The Bertz CT molecular complexity index is 984. The predicted molar refractivity (Wildman–Crippen MR) is 100 cm³/mol. The zero-order valence-electron chi connectivity index (χ0n) is 15.0. The Kier molecular flexibility index (Phi) is 5.76. The predicted octanol–water partition coefficient (Wildman–Crippen LogP) is -0.867. The normalized spacial score (nSPS) is 25.6. The number of nitrogens with zero attached hydrogens (tertiary/aromatic N) is 4. The van der Waals surface area contributed by atoms with E-state index in [1.807, 2.05) is 0 Å².